The Labute approximate surface area is 214 Å². The summed E-state index contributed by atoms with van der Waals surface area (Å²) in [5, 5.41) is 13.4. The monoisotopic (exact) mass is 500 g/mol. The number of carbonyl (C=O) groups excluding carboxylic acids is 1. The van der Waals surface area contributed by atoms with Crippen molar-refractivity contribution in [1.29, 1.82) is 0 Å². The van der Waals surface area contributed by atoms with Gasteiger partial charge in [-0.1, -0.05) is 56.8 Å². The summed E-state index contributed by atoms with van der Waals surface area (Å²) in [6.07, 6.45) is 3.51. The van der Waals surface area contributed by atoms with Crippen LogP contribution in [0, 0.1) is 6.92 Å². The summed E-state index contributed by atoms with van der Waals surface area (Å²) in [6.45, 7) is 8.32. The van der Waals surface area contributed by atoms with E-state index in [0.717, 1.165) is 16.7 Å². The Morgan fingerprint density at radius 1 is 1.03 bits per heavy atom. The van der Waals surface area contributed by atoms with E-state index in [2.05, 4.69) is 51.6 Å². The quantitative estimate of drug-likeness (QED) is 0.235. The van der Waals surface area contributed by atoms with Crippen molar-refractivity contribution in [1.82, 2.24) is 20.2 Å². The molecule has 36 heavy (non-hydrogen) atoms. The van der Waals surface area contributed by atoms with Crippen molar-refractivity contribution in [3.05, 3.63) is 87.8 Å². The predicted octanol–water partition coefficient (Wildman–Crippen LogP) is 5.55. The molecule has 0 spiro atoms. The molecule has 1 amide bonds. The second-order valence-electron chi connectivity index (χ2n) is 9.31. The zero-order valence-electron chi connectivity index (χ0n) is 20.8. The molecule has 0 aliphatic rings. The smallest absolute Gasteiger partial charge is 0.287 e. The van der Waals surface area contributed by atoms with Crippen molar-refractivity contribution in [2.45, 2.75) is 38.3 Å². The van der Waals surface area contributed by atoms with Gasteiger partial charge in [0.25, 0.3) is 11.5 Å². The van der Waals surface area contributed by atoms with Crippen molar-refractivity contribution in [3.63, 3.8) is 0 Å². The molecule has 0 aliphatic carbocycles. The molecule has 0 radical (unpaired) electrons. The molecule has 2 aromatic carbocycles. The third-order valence-corrected chi connectivity index (χ3v) is 6.32. The first-order chi connectivity index (χ1) is 17.2. The van der Waals surface area contributed by atoms with Crippen molar-refractivity contribution in [2.24, 2.45) is 0 Å². The minimum absolute atomic E-state index is 0.0159. The van der Waals surface area contributed by atoms with E-state index >= 15 is 0 Å². The summed E-state index contributed by atoms with van der Waals surface area (Å²) in [5.74, 6) is 0.313. The number of hydrogen-bond acceptors (Lipinski definition) is 7. The molecule has 4 aromatic rings. The fraction of sp³-hybridized carbons (Fsp3) is 0.222. The molecule has 0 unspecified atom stereocenters. The van der Waals surface area contributed by atoms with E-state index in [0.29, 0.717) is 33.6 Å². The van der Waals surface area contributed by atoms with E-state index in [1.54, 1.807) is 18.3 Å². The highest BCUT2D eigenvalue weighted by Gasteiger charge is 2.16. The Morgan fingerprint density at radius 2 is 1.78 bits per heavy atom. The molecule has 0 fully saturated rings. The van der Waals surface area contributed by atoms with Crippen LogP contribution in [0.15, 0.2) is 70.7 Å². The van der Waals surface area contributed by atoms with Gasteiger partial charge in [0, 0.05) is 23.0 Å². The summed E-state index contributed by atoms with van der Waals surface area (Å²) in [6, 6.07) is 16.6. The van der Waals surface area contributed by atoms with E-state index in [1.807, 2.05) is 55.6 Å². The van der Waals surface area contributed by atoms with Crippen LogP contribution < -0.4 is 16.2 Å². The lowest BCUT2D eigenvalue weighted by atomic mass is 9.86. The standard InChI is InChI=1S/C27H28N6O2S/c1-16-19(21-15-22(25(35)33-32-21)29-23-13-14-28-26(31-23)36-5)7-6-8-20(16)30-24(34)17-9-11-18(12-10-17)27(2,3)4/h6-15H,1-5H3,(H,30,34)(H,33,35)(H,28,29,31,32). The number of benzene rings is 2. The second-order valence-corrected chi connectivity index (χ2v) is 10.1. The number of H-pyrrole nitrogens is 1. The van der Waals surface area contributed by atoms with Crippen LogP contribution in [-0.2, 0) is 5.41 Å². The SMILES string of the molecule is CSc1nccc(Nc2cc(-c3cccc(NC(=O)c4ccc(C(C)(C)C)cc4)c3C)n[nH]c2=O)n1. The maximum Gasteiger partial charge on any atom is 0.287 e. The normalized spacial score (nSPS) is 11.2. The number of aromatic nitrogens is 4. The highest BCUT2D eigenvalue weighted by atomic mass is 32.2. The van der Waals surface area contributed by atoms with Gasteiger partial charge in [-0.05, 0) is 60.1 Å². The Hall–Kier alpha value is -3.98. The average molecular weight is 501 g/mol. The van der Waals surface area contributed by atoms with Crippen LogP contribution in [0.3, 0.4) is 0 Å². The zero-order valence-corrected chi connectivity index (χ0v) is 21.7. The highest BCUT2D eigenvalue weighted by molar-refractivity contribution is 7.98. The Morgan fingerprint density at radius 3 is 2.47 bits per heavy atom. The van der Waals surface area contributed by atoms with Crippen LogP contribution in [0.4, 0.5) is 17.2 Å². The van der Waals surface area contributed by atoms with Gasteiger partial charge < -0.3 is 10.6 Å². The largest absolute Gasteiger partial charge is 0.335 e. The molecule has 0 saturated carbocycles. The summed E-state index contributed by atoms with van der Waals surface area (Å²) < 4.78 is 0. The molecule has 0 saturated heterocycles. The molecule has 2 heterocycles. The molecule has 0 bridgehead atoms. The van der Waals surface area contributed by atoms with E-state index < -0.39 is 0 Å². The number of nitrogens with one attached hydrogen (secondary N) is 3. The van der Waals surface area contributed by atoms with Crippen molar-refractivity contribution >= 4 is 34.9 Å². The van der Waals surface area contributed by atoms with Gasteiger partial charge in [-0.3, -0.25) is 9.59 Å². The van der Waals surface area contributed by atoms with E-state index in [1.165, 1.54) is 11.8 Å². The molecule has 4 rings (SSSR count). The lowest BCUT2D eigenvalue weighted by Gasteiger charge is -2.19. The van der Waals surface area contributed by atoms with Crippen LogP contribution in [0.5, 0.6) is 0 Å². The molecule has 3 N–H and O–H groups in total. The maximum atomic E-state index is 12.9. The summed E-state index contributed by atoms with van der Waals surface area (Å²) in [5.41, 5.74) is 4.52. The molecular weight excluding hydrogens is 472 g/mol. The molecular formula is C27H28N6O2S. The molecule has 8 nitrogen and oxygen atoms in total. The zero-order chi connectivity index (χ0) is 25.9. The van der Waals surface area contributed by atoms with Crippen LogP contribution in [0.25, 0.3) is 11.3 Å². The summed E-state index contributed by atoms with van der Waals surface area (Å²) >= 11 is 1.41. The topological polar surface area (TPSA) is 113 Å². The number of carbonyl (C=O) groups is 1. The average Bonchev–Trinajstić information content (AvgIpc) is 2.86. The van der Waals surface area contributed by atoms with Gasteiger partial charge in [-0.15, -0.1) is 0 Å². The van der Waals surface area contributed by atoms with Gasteiger partial charge in [0.2, 0.25) is 0 Å². The van der Waals surface area contributed by atoms with E-state index in [-0.39, 0.29) is 16.9 Å². The third kappa shape index (κ3) is 5.63. The fourth-order valence-corrected chi connectivity index (χ4v) is 4.00. The van der Waals surface area contributed by atoms with Crippen LogP contribution in [-0.4, -0.2) is 32.3 Å². The number of nitrogens with zero attached hydrogens (tertiary/aromatic N) is 3. The van der Waals surface area contributed by atoms with Crippen molar-refractivity contribution in [3.8, 4) is 11.3 Å². The molecule has 0 aliphatic heterocycles. The van der Waals surface area contributed by atoms with Crippen LogP contribution in [0.1, 0.15) is 42.3 Å². The maximum absolute atomic E-state index is 12.9. The summed E-state index contributed by atoms with van der Waals surface area (Å²) in [7, 11) is 0. The number of aromatic amines is 1. The minimum Gasteiger partial charge on any atom is -0.335 e. The highest BCUT2D eigenvalue weighted by Crippen LogP contribution is 2.29. The minimum atomic E-state index is -0.371. The van der Waals surface area contributed by atoms with Gasteiger partial charge >= 0.3 is 0 Å². The Kier molecular flexibility index (Phi) is 7.21. The van der Waals surface area contributed by atoms with Crippen LogP contribution in [0.2, 0.25) is 0 Å². The van der Waals surface area contributed by atoms with E-state index in [4.69, 9.17) is 0 Å². The molecule has 184 valence electrons. The number of thioether (sulfide) groups is 1. The van der Waals surface area contributed by atoms with Crippen molar-refractivity contribution < 1.29 is 4.79 Å². The Bertz CT molecular complexity index is 1460. The van der Waals surface area contributed by atoms with Gasteiger partial charge in [0.05, 0.1) is 5.69 Å². The van der Waals surface area contributed by atoms with Gasteiger partial charge in [0.15, 0.2) is 5.16 Å². The first-order valence-electron chi connectivity index (χ1n) is 11.4. The molecule has 9 heteroatoms. The number of amides is 1. The predicted molar refractivity (Wildman–Crippen MR) is 145 cm³/mol. The van der Waals surface area contributed by atoms with Crippen molar-refractivity contribution in [2.75, 3.05) is 16.9 Å². The van der Waals surface area contributed by atoms with Gasteiger partial charge in [-0.25, -0.2) is 15.1 Å². The first kappa shape index (κ1) is 25.1. The van der Waals surface area contributed by atoms with Gasteiger partial charge in [0.1, 0.15) is 11.5 Å². The molecule has 2 aromatic heterocycles. The summed E-state index contributed by atoms with van der Waals surface area (Å²) in [4.78, 5) is 33.9. The first-order valence-corrected chi connectivity index (χ1v) is 12.6. The number of rotatable bonds is 6. The van der Waals surface area contributed by atoms with E-state index in [9.17, 15) is 9.59 Å². The lowest BCUT2D eigenvalue weighted by Crippen LogP contribution is -2.15. The number of anilines is 3. The third-order valence-electron chi connectivity index (χ3n) is 5.75. The Balaban J connectivity index is 1.59. The van der Waals surface area contributed by atoms with Gasteiger partial charge in [-0.2, -0.15) is 5.10 Å². The number of hydrogen-bond donors (Lipinski definition) is 3. The lowest BCUT2D eigenvalue weighted by molar-refractivity contribution is 0.102. The second kappa shape index (κ2) is 10.3. The van der Waals surface area contributed by atoms with Crippen LogP contribution >= 0.6 is 11.8 Å². The fourth-order valence-electron chi connectivity index (χ4n) is 3.65. The molecule has 0 atom stereocenters.